The van der Waals surface area contributed by atoms with E-state index in [4.69, 9.17) is 18.8 Å². The van der Waals surface area contributed by atoms with Gasteiger partial charge in [0.25, 0.3) is 0 Å². The molecule has 0 amide bonds. The molecule has 0 bridgehead atoms. The predicted molar refractivity (Wildman–Crippen MR) is 200 cm³/mol. The molecular formula is C36H58N2O2S2Sn2. The zero-order valence-corrected chi connectivity index (χ0v) is 35.9. The molecule has 4 nitrogen and oxygen atoms in total. The van der Waals surface area contributed by atoms with Crippen molar-refractivity contribution in [2.45, 2.75) is 145 Å². The van der Waals surface area contributed by atoms with Gasteiger partial charge in [-0.3, -0.25) is 0 Å². The van der Waals surface area contributed by atoms with Crippen LogP contribution in [0, 0.1) is 0 Å². The Labute approximate surface area is 284 Å². The number of unbranched alkanes of at least 4 members (excludes halogenated alkanes) is 6. The van der Waals surface area contributed by atoms with Gasteiger partial charge >= 0.3 is 286 Å². The molecule has 4 rings (SSSR count). The minimum atomic E-state index is -2.60. The molecule has 0 aliphatic heterocycles. The standard InChI is InChI=1S/C12H4N2O2S2.6C4H9.2Sn/c1-3-7(15-5-1)9-13-11-12(17-9)14-10(18-11)8-4-2-6-16-8;6*1-3-4-2;;/h1-4H;6*1,3-4H2,2H3;;. The molecule has 44 heavy (non-hydrogen) atoms. The monoisotopic (exact) mass is 854 g/mol. The van der Waals surface area contributed by atoms with E-state index in [1.54, 1.807) is 22.7 Å². The van der Waals surface area contributed by atoms with Gasteiger partial charge in [-0.15, -0.1) is 0 Å². The van der Waals surface area contributed by atoms with Gasteiger partial charge in [-0.25, -0.2) is 0 Å². The van der Waals surface area contributed by atoms with E-state index < -0.39 is 36.8 Å². The predicted octanol–water partition coefficient (Wildman–Crippen LogP) is 12.4. The number of thiazole rings is 2. The van der Waals surface area contributed by atoms with Crippen LogP contribution in [0.2, 0.25) is 26.6 Å². The Morgan fingerprint density at radius 1 is 0.477 bits per heavy atom. The van der Waals surface area contributed by atoms with Crippen molar-refractivity contribution in [3.63, 3.8) is 0 Å². The molecule has 0 saturated carbocycles. The summed E-state index contributed by atoms with van der Waals surface area (Å²) in [5.74, 6) is 1.90. The summed E-state index contributed by atoms with van der Waals surface area (Å²) in [5.41, 5.74) is 0. The van der Waals surface area contributed by atoms with Crippen molar-refractivity contribution in [3.8, 4) is 21.5 Å². The first-order valence-corrected chi connectivity index (χ1v) is 34.6. The Bertz CT molecular complexity index is 1210. The fraction of sp³-hybridized carbons (Fsp3) is 0.667. The third-order valence-electron chi connectivity index (χ3n) is 9.71. The summed E-state index contributed by atoms with van der Waals surface area (Å²) in [5, 5.41) is 1.96. The van der Waals surface area contributed by atoms with E-state index in [1.165, 1.54) is 111 Å². The first-order valence-electron chi connectivity index (χ1n) is 18.0. The average molecular weight is 852 g/mol. The Morgan fingerprint density at radius 2 is 0.773 bits per heavy atom. The average Bonchev–Trinajstić information content (AvgIpc) is 3.85. The topological polar surface area (TPSA) is 52.1 Å². The van der Waals surface area contributed by atoms with Gasteiger partial charge in [0.15, 0.2) is 0 Å². The molecular weight excluding hydrogens is 794 g/mol. The van der Waals surface area contributed by atoms with Gasteiger partial charge in [0.2, 0.25) is 0 Å². The van der Waals surface area contributed by atoms with Crippen LogP contribution in [0.15, 0.2) is 33.1 Å². The van der Waals surface area contributed by atoms with Crippen molar-refractivity contribution in [3.05, 3.63) is 24.3 Å². The zero-order valence-electron chi connectivity index (χ0n) is 28.6. The Balaban J connectivity index is 1.59. The molecule has 244 valence electrons. The number of hydrogen-bond donors (Lipinski definition) is 0. The molecule has 0 saturated heterocycles. The van der Waals surface area contributed by atoms with Crippen molar-refractivity contribution >= 4 is 76.6 Å². The summed E-state index contributed by atoms with van der Waals surface area (Å²) in [4.78, 5) is 12.1. The van der Waals surface area contributed by atoms with Gasteiger partial charge in [-0.05, 0) is 0 Å². The third kappa shape index (κ3) is 8.97. The number of rotatable bonds is 22. The molecule has 0 aliphatic rings. The maximum atomic E-state index is 6.78. The van der Waals surface area contributed by atoms with Crippen LogP contribution in [0.3, 0.4) is 0 Å². The summed E-state index contributed by atoms with van der Waals surface area (Å²) < 4.78 is 24.8. The van der Waals surface area contributed by atoms with Gasteiger partial charge in [0.1, 0.15) is 0 Å². The van der Waals surface area contributed by atoms with Crippen LogP contribution < -0.4 is 7.55 Å². The van der Waals surface area contributed by atoms with Gasteiger partial charge in [0, 0.05) is 0 Å². The second kappa shape index (κ2) is 18.3. The molecule has 0 aromatic carbocycles. The second-order valence-corrected chi connectivity index (χ2v) is 41.1. The van der Waals surface area contributed by atoms with E-state index in [0.29, 0.717) is 0 Å². The zero-order chi connectivity index (χ0) is 31.4. The molecule has 0 aliphatic carbocycles. The van der Waals surface area contributed by atoms with Crippen LogP contribution >= 0.6 is 22.7 Å². The molecule has 0 N–H and O–H groups in total. The van der Waals surface area contributed by atoms with Crippen LogP contribution in [-0.4, -0.2) is 46.7 Å². The fourth-order valence-electron chi connectivity index (χ4n) is 6.91. The SMILES string of the molecule is CCC[CH2][Sn]([CH2]CCC)([CH2]CCC)[c]1ccc(-c2nc3sc(-c4cc[c]([Sn]([CH2]CCC)([CH2]CCC)[CH2]CCC)o4)nc3s2)o1. The first kappa shape index (κ1) is 36.5. The number of aromatic nitrogens is 2. The quantitative estimate of drug-likeness (QED) is 0.0739. The number of hydrogen-bond acceptors (Lipinski definition) is 6. The normalized spacial score (nSPS) is 12.6. The Morgan fingerprint density at radius 3 is 1.05 bits per heavy atom. The van der Waals surface area contributed by atoms with Crippen LogP contribution in [0.25, 0.3) is 31.2 Å². The summed E-state index contributed by atoms with van der Waals surface area (Å²) >= 11 is -1.85. The van der Waals surface area contributed by atoms with Crippen LogP contribution in [0.5, 0.6) is 0 Å². The third-order valence-corrected chi connectivity index (χ3v) is 41.7. The number of nitrogens with zero attached hydrogens (tertiary/aromatic N) is 2. The molecule has 8 heteroatoms. The van der Waals surface area contributed by atoms with E-state index in [-0.39, 0.29) is 0 Å². The van der Waals surface area contributed by atoms with Gasteiger partial charge < -0.3 is 0 Å². The van der Waals surface area contributed by atoms with E-state index in [1.807, 2.05) is 0 Å². The van der Waals surface area contributed by atoms with Crippen LogP contribution in [-0.2, 0) is 0 Å². The Kier molecular flexibility index (Phi) is 15.2. The van der Waals surface area contributed by atoms with Crippen LogP contribution in [0.1, 0.15) is 119 Å². The van der Waals surface area contributed by atoms with Gasteiger partial charge in [0.05, 0.1) is 0 Å². The van der Waals surface area contributed by atoms with Gasteiger partial charge in [-0.2, -0.15) is 0 Å². The summed E-state index contributed by atoms with van der Waals surface area (Å²) in [6.07, 6.45) is 15.7. The molecule has 0 unspecified atom stereocenters. The summed E-state index contributed by atoms with van der Waals surface area (Å²) in [7, 11) is 0. The maximum absolute atomic E-state index is 6.78. The van der Waals surface area contributed by atoms with Crippen LogP contribution in [0.4, 0.5) is 0 Å². The summed E-state index contributed by atoms with van der Waals surface area (Å²) in [6, 6.07) is 9.11. The van der Waals surface area contributed by atoms with Gasteiger partial charge in [-0.1, -0.05) is 0 Å². The number of fused-ring (bicyclic) bond motifs is 1. The summed E-state index contributed by atoms with van der Waals surface area (Å²) in [6.45, 7) is 14.0. The van der Waals surface area contributed by atoms with E-state index >= 15 is 0 Å². The molecule has 0 spiro atoms. The minimum absolute atomic E-state index is 0.948. The molecule has 4 aromatic heterocycles. The molecule has 4 aromatic rings. The molecule has 0 radical (unpaired) electrons. The fourth-order valence-corrected chi connectivity index (χ4v) is 39.4. The van der Waals surface area contributed by atoms with E-state index in [0.717, 1.165) is 31.2 Å². The van der Waals surface area contributed by atoms with Crippen molar-refractivity contribution in [2.75, 3.05) is 0 Å². The van der Waals surface area contributed by atoms with Crippen molar-refractivity contribution in [1.29, 1.82) is 0 Å². The molecule has 0 atom stereocenters. The molecule has 0 fully saturated rings. The van der Waals surface area contributed by atoms with E-state index in [9.17, 15) is 0 Å². The first-order chi connectivity index (χ1) is 21.5. The van der Waals surface area contributed by atoms with E-state index in [2.05, 4.69) is 65.8 Å². The van der Waals surface area contributed by atoms with Crippen molar-refractivity contribution in [1.82, 2.24) is 9.97 Å². The number of furan rings is 2. The van der Waals surface area contributed by atoms with Crippen molar-refractivity contribution in [2.24, 2.45) is 0 Å². The Hall–Kier alpha value is -0.323. The second-order valence-electron chi connectivity index (χ2n) is 13.2. The van der Waals surface area contributed by atoms with Crippen molar-refractivity contribution < 1.29 is 8.83 Å². The molecule has 4 heterocycles.